The minimum Gasteiger partial charge on any atom is -0.497 e. The Morgan fingerprint density at radius 2 is 1.77 bits per heavy atom. The van der Waals surface area contributed by atoms with Crippen molar-refractivity contribution in [3.05, 3.63) is 42.5 Å². The van der Waals surface area contributed by atoms with Crippen molar-refractivity contribution < 1.29 is 33.3 Å². The molecule has 2 aromatic rings. The molecule has 0 saturated carbocycles. The van der Waals surface area contributed by atoms with Crippen molar-refractivity contribution in [2.24, 2.45) is 5.92 Å². The molecule has 1 fully saturated rings. The van der Waals surface area contributed by atoms with E-state index in [4.69, 9.17) is 18.9 Å². The zero-order valence-electron chi connectivity index (χ0n) is 17.5. The minimum absolute atomic E-state index is 0.00219. The molecule has 1 atom stereocenters. The van der Waals surface area contributed by atoms with E-state index in [1.807, 2.05) is 0 Å². The van der Waals surface area contributed by atoms with Crippen LogP contribution in [0.1, 0.15) is 6.42 Å². The third-order valence-corrected chi connectivity index (χ3v) is 4.86. The molecule has 1 saturated heterocycles. The molecule has 2 amide bonds. The molecule has 3 rings (SSSR count). The van der Waals surface area contributed by atoms with Gasteiger partial charge in [0.15, 0.2) is 6.61 Å². The van der Waals surface area contributed by atoms with Gasteiger partial charge in [-0.3, -0.25) is 14.4 Å². The van der Waals surface area contributed by atoms with E-state index in [0.29, 0.717) is 28.6 Å². The number of anilines is 2. The number of rotatable bonds is 8. The molecular weight excluding hydrogens is 404 g/mol. The number of para-hydroxylation sites is 2. The monoisotopic (exact) mass is 428 g/mol. The summed E-state index contributed by atoms with van der Waals surface area (Å²) in [6, 6.07) is 12.0. The van der Waals surface area contributed by atoms with Crippen LogP contribution in [-0.4, -0.2) is 52.3 Å². The van der Waals surface area contributed by atoms with Gasteiger partial charge in [0, 0.05) is 19.0 Å². The number of nitrogens with zero attached hydrogens (tertiary/aromatic N) is 1. The molecule has 1 aliphatic heterocycles. The first-order valence-corrected chi connectivity index (χ1v) is 9.58. The molecule has 2 aromatic carbocycles. The van der Waals surface area contributed by atoms with Crippen LogP contribution in [0, 0.1) is 5.92 Å². The molecule has 9 nitrogen and oxygen atoms in total. The zero-order valence-corrected chi connectivity index (χ0v) is 17.5. The summed E-state index contributed by atoms with van der Waals surface area (Å²) in [6.45, 7) is -0.331. The topological polar surface area (TPSA) is 103 Å². The van der Waals surface area contributed by atoms with E-state index in [9.17, 15) is 14.4 Å². The van der Waals surface area contributed by atoms with Crippen molar-refractivity contribution in [1.82, 2.24) is 0 Å². The molecule has 9 heteroatoms. The van der Waals surface area contributed by atoms with Crippen LogP contribution in [0.15, 0.2) is 42.5 Å². The Labute approximate surface area is 179 Å². The Morgan fingerprint density at radius 1 is 1.03 bits per heavy atom. The van der Waals surface area contributed by atoms with Crippen molar-refractivity contribution in [3.8, 4) is 17.2 Å². The summed E-state index contributed by atoms with van der Waals surface area (Å²) in [5, 5.41) is 2.63. The fraction of sp³-hybridized carbons (Fsp3) is 0.318. The second-order valence-electron chi connectivity index (χ2n) is 6.80. The molecule has 0 spiro atoms. The molecule has 1 heterocycles. The number of esters is 1. The number of amides is 2. The van der Waals surface area contributed by atoms with Gasteiger partial charge in [-0.1, -0.05) is 12.1 Å². The number of ether oxygens (including phenoxy) is 4. The first-order chi connectivity index (χ1) is 15.0. The predicted octanol–water partition coefficient (Wildman–Crippen LogP) is 2.25. The number of nitrogens with one attached hydrogen (secondary N) is 1. The Morgan fingerprint density at radius 3 is 2.48 bits per heavy atom. The smallest absolute Gasteiger partial charge is 0.311 e. The standard InChI is InChI=1S/C22H24N2O7/c1-28-15-8-9-18(29-2)16(11-15)23-20(25)13-31-22(27)14-10-21(26)24(12-14)17-6-4-5-7-19(17)30-3/h4-9,11,14H,10,12-13H2,1-3H3,(H,23,25)/t14-/m0/s1. The summed E-state index contributed by atoms with van der Waals surface area (Å²) in [4.78, 5) is 38.6. The largest absolute Gasteiger partial charge is 0.497 e. The number of hydrogen-bond acceptors (Lipinski definition) is 7. The lowest BCUT2D eigenvalue weighted by atomic mass is 10.1. The van der Waals surface area contributed by atoms with Gasteiger partial charge in [0.25, 0.3) is 5.91 Å². The van der Waals surface area contributed by atoms with E-state index >= 15 is 0 Å². The molecule has 31 heavy (non-hydrogen) atoms. The Kier molecular flexibility index (Phi) is 6.96. The second-order valence-corrected chi connectivity index (χ2v) is 6.80. The van der Waals surface area contributed by atoms with E-state index in [2.05, 4.69) is 5.32 Å². The molecule has 164 valence electrons. The maximum atomic E-state index is 12.4. The summed E-state index contributed by atoms with van der Waals surface area (Å²) in [6.07, 6.45) is 0.00219. The van der Waals surface area contributed by atoms with Gasteiger partial charge in [-0.2, -0.15) is 0 Å². The van der Waals surface area contributed by atoms with Gasteiger partial charge in [0.1, 0.15) is 17.2 Å². The molecular formula is C22H24N2O7. The summed E-state index contributed by atoms with van der Waals surface area (Å²) in [5.41, 5.74) is 0.981. The molecule has 0 aliphatic carbocycles. The van der Waals surface area contributed by atoms with Gasteiger partial charge in [0.05, 0.1) is 38.6 Å². The van der Waals surface area contributed by atoms with Gasteiger partial charge in [-0.25, -0.2) is 0 Å². The van der Waals surface area contributed by atoms with Crippen molar-refractivity contribution in [2.75, 3.05) is 44.7 Å². The molecule has 1 N–H and O–H groups in total. The molecule has 0 unspecified atom stereocenters. The lowest BCUT2D eigenvalue weighted by Gasteiger charge is -2.19. The van der Waals surface area contributed by atoms with E-state index in [0.717, 1.165) is 0 Å². The number of methoxy groups -OCH3 is 3. The Hall–Kier alpha value is -3.75. The molecule has 1 aliphatic rings. The lowest BCUT2D eigenvalue weighted by Crippen LogP contribution is -2.28. The van der Waals surface area contributed by atoms with Gasteiger partial charge in [-0.05, 0) is 24.3 Å². The van der Waals surface area contributed by atoms with Crippen LogP contribution in [0.3, 0.4) is 0 Å². The van der Waals surface area contributed by atoms with Gasteiger partial charge < -0.3 is 29.2 Å². The average Bonchev–Trinajstić information content (AvgIpc) is 3.18. The predicted molar refractivity (Wildman–Crippen MR) is 113 cm³/mol. The molecule has 0 radical (unpaired) electrons. The molecule has 0 aromatic heterocycles. The van der Waals surface area contributed by atoms with Crippen molar-refractivity contribution in [2.45, 2.75) is 6.42 Å². The normalized spacial score (nSPS) is 15.4. The summed E-state index contributed by atoms with van der Waals surface area (Å²) in [5.74, 6) is -0.516. The maximum Gasteiger partial charge on any atom is 0.311 e. The van der Waals surface area contributed by atoms with Crippen LogP contribution < -0.4 is 24.4 Å². The number of carbonyl (C=O) groups is 3. The van der Waals surface area contributed by atoms with Crippen LogP contribution in [0.4, 0.5) is 11.4 Å². The zero-order chi connectivity index (χ0) is 22.4. The van der Waals surface area contributed by atoms with E-state index in [1.165, 1.54) is 26.2 Å². The van der Waals surface area contributed by atoms with Gasteiger partial charge in [0.2, 0.25) is 5.91 Å². The summed E-state index contributed by atoms with van der Waals surface area (Å²) in [7, 11) is 4.50. The maximum absolute atomic E-state index is 12.4. The van der Waals surface area contributed by atoms with Crippen LogP contribution in [0.25, 0.3) is 0 Å². The van der Waals surface area contributed by atoms with Crippen LogP contribution in [0.2, 0.25) is 0 Å². The lowest BCUT2D eigenvalue weighted by molar-refractivity contribution is -0.151. The Bertz CT molecular complexity index is 976. The highest BCUT2D eigenvalue weighted by Gasteiger charge is 2.37. The van der Waals surface area contributed by atoms with E-state index in [1.54, 1.807) is 42.5 Å². The van der Waals surface area contributed by atoms with Crippen LogP contribution >= 0.6 is 0 Å². The number of hydrogen-bond donors (Lipinski definition) is 1. The summed E-state index contributed by atoms with van der Waals surface area (Å²) >= 11 is 0. The average molecular weight is 428 g/mol. The SMILES string of the molecule is COc1ccc(OC)c(NC(=O)COC(=O)[C@H]2CC(=O)N(c3ccccc3OC)C2)c1. The highest BCUT2D eigenvalue weighted by molar-refractivity contribution is 6.01. The van der Waals surface area contributed by atoms with Crippen molar-refractivity contribution in [3.63, 3.8) is 0 Å². The van der Waals surface area contributed by atoms with E-state index in [-0.39, 0.29) is 18.9 Å². The van der Waals surface area contributed by atoms with E-state index < -0.39 is 24.4 Å². The van der Waals surface area contributed by atoms with Crippen molar-refractivity contribution >= 4 is 29.2 Å². The van der Waals surface area contributed by atoms with Gasteiger partial charge in [-0.15, -0.1) is 0 Å². The van der Waals surface area contributed by atoms with Crippen LogP contribution in [0.5, 0.6) is 17.2 Å². The highest BCUT2D eigenvalue weighted by atomic mass is 16.5. The molecule has 0 bridgehead atoms. The first-order valence-electron chi connectivity index (χ1n) is 9.58. The third kappa shape index (κ3) is 5.06. The number of benzene rings is 2. The quantitative estimate of drug-likeness (QED) is 0.643. The number of carbonyl (C=O) groups excluding carboxylic acids is 3. The van der Waals surface area contributed by atoms with Gasteiger partial charge >= 0.3 is 5.97 Å². The third-order valence-electron chi connectivity index (χ3n) is 4.86. The Balaban J connectivity index is 1.58. The fourth-order valence-corrected chi connectivity index (χ4v) is 3.30. The fourth-order valence-electron chi connectivity index (χ4n) is 3.30. The minimum atomic E-state index is -0.670. The first kappa shape index (κ1) is 21.9. The van der Waals surface area contributed by atoms with Crippen molar-refractivity contribution in [1.29, 1.82) is 0 Å². The second kappa shape index (κ2) is 9.84. The highest BCUT2D eigenvalue weighted by Crippen LogP contribution is 2.33. The summed E-state index contributed by atoms with van der Waals surface area (Å²) < 4.78 is 20.8. The van der Waals surface area contributed by atoms with Crippen LogP contribution in [-0.2, 0) is 19.1 Å².